The van der Waals surface area contributed by atoms with Crippen molar-refractivity contribution < 1.29 is 44.5 Å². The third-order valence-electron chi connectivity index (χ3n) is 6.35. The van der Waals surface area contributed by atoms with Gasteiger partial charge in [0, 0.05) is 10.8 Å². The van der Waals surface area contributed by atoms with Gasteiger partial charge in [-0.3, -0.25) is 9.69 Å². The van der Waals surface area contributed by atoms with Gasteiger partial charge in [-0.2, -0.15) is 0 Å². The molecule has 0 unspecified atom stereocenters. The van der Waals surface area contributed by atoms with Gasteiger partial charge in [0.1, 0.15) is 30.2 Å². The van der Waals surface area contributed by atoms with E-state index in [-0.39, 0.29) is 18.1 Å². The van der Waals surface area contributed by atoms with Gasteiger partial charge in [-0.05, 0) is 35.0 Å². The number of rotatable bonds is 2. The highest BCUT2D eigenvalue weighted by Crippen LogP contribution is 2.52. The molecule has 3 heterocycles. The van der Waals surface area contributed by atoms with Crippen LogP contribution in [-0.2, 0) is 4.74 Å². The highest BCUT2D eigenvalue weighted by molar-refractivity contribution is 6.31. The Hall–Kier alpha value is -3.15. The molecule has 10 heteroatoms. The molecule has 0 aliphatic carbocycles. The van der Waals surface area contributed by atoms with Crippen LogP contribution in [-0.4, -0.2) is 75.5 Å². The summed E-state index contributed by atoms with van der Waals surface area (Å²) in [5.41, 5.74) is 0.683. The maximum atomic E-state index is 13.5. The average Bonchev–Trinajstić information content (AvgIpc) is 3.36. The lowest BCUT2D eigenvalue weighted by atomic mass is 9.96. The van der Waals surface area contributed by atoms with Crippen LogP contribution in [0, 0.1) is 0 Å². The van der Waals surface area contributed by atoms with Gasteiger partial charge in [-0.15, -0.1) is 0 Å². The van der Waals surface area contributed by atoms with Crippen LogP contribution in [0.15, 0.2) is 30.3 Å². The molecule has 1 saturated heterocycles. The molecule has 10 nitrogen and oxygen atoms in total. The molecule has 0 radical (unpaired) electrons. The lowest BCUT2D eigenvalue weighted by Crippen LogP contribution is -2.63. The highest BCUT2D eigenvalue weighted by Gasteiger charge is 2.50. The first-order valence-electron chi connectivity index (χ1n) is 10.1. The summed E-state index contributed by atoms with van der Waals surface area (Å²) in [6.45, 7) is -0.623. The van der Waals surface area contributed by atoms with Gasteiger partial charge >= 0.3 is 0 Å². The second-order valence-corrected chi connectivity index (χ2v) is 8.10. The number of carbonyl (C=O) groups is 1. The first kappa shape index (κ1) is 19.5. The SMILES string of the molecule is O=C1c2cc3c(c4c2c(cc2ccc(O)cc24)N1[C@@H]1O[C@H](CO)[C@@H](O)[C@H](O)[C@H]1O)OCO3. The second-order valence-electron chi connectivity index (χ2n) is 8.10. The Morgan fingerprint density at radius 2 is 1.81 bits per heavy atom. The first-order chi connectivity index (χ1) is 15.4. The molecule has 3 aromatic carbocycles. The van der Waals surface area contributed by atoms with Gasteiger partial charge in [0.15, 0.2) is 17.7 Å². The molecule has 5 atom stereocenters. The number of fused-ring (bicyclic) bond motifs is 4. The van der Waals surface area contributed by atoms with E-state index in [1.807, 2.05) is 0 Å². The van der Waals surface area contributed by atoms with Crippen molar-refractivity contribution in [2.75, 3.05) is 18.3 Å². The van der Waals surface area contributed by atoms with Crippen molar-refractivity contribution in [1.82, 2.24) is 0 Å². The fourth-order valence-electron chi connectivity index (χ4n) is 4.82. The number of amides is 1. The number of anilines is 1. The zero-order valence-electron chi connectivity index (χ0n) is 16.5. The molecule has 3 aliphatic heterocycles. The average molecular weight is 441 g/mol. The van der Waals surface area contributed by atoms with Crippen LogP contribution >= 0.6 is 0 Å². The Labute approximate surface area is 180 Å². The molecule has 32 heavy (non-hydrogen) atoms. The van der Waals surface area contributed by atoms with E-state index in [0.717, 1.165) is 0 Å². The highest BCUT2D eigenvalue weighted by atomic mass is 16.7. The topological polar surface area (TPSA) is 149 Å². The molecular formula is C22H19NO9. The molecular weight excluding hydrogens is 422 g/mol. The largest absolute Gasteiger partial charge is 0.508 e. The fourth-order valence-corrected chi connectivity index (χ4v) is 4.82. The summed E-state index contributed by atoms with van der Waals surface area (Å²) in [6.07, 6.45) is -7.33. The van der Waals surface area contributed by atoms with Gasteiger partial charge in [-0.1, -0.05) is 6.07 Å². The van der Waals surface area contributed by atoms with Crippen LogP contribution in [0.3, 0.4) is 0 Å². The van der Waals surface area contributed by atoms with Crippen molar-refractivity contribution in [3.05, 3.63) is 35.9 Å². The van der Waals surface area contributed by atoms with Gasteiger partial charge in [0.2, 0.25) is 6.79 Å². The van der Waals surface area contributed by atoms with Gasteiger partial charge in [-0.25, -0.2) is 0 Å². The van der Waals surface area contributed by atoms with Crippen molar-refractivity contribution in [2.24, 2.45) is 0 Å². The number of hydrogen-bond donors (Lipinski definition) is 5. The first-order valence-corrected chi connectivity index (χ1v) is 10.1. The smallest absolute Gasteiger partial charge is 0.261 e. The molecule has 6 rings (SSSR count). The third-order valence-corrected chi connectivity index (χ3v) is 6.35. The van der Waals surface area contributed by atoms with Crippen LogP contribution in [0.2, 0.25) is 0 Å². The number of hydrogen-bond acceptors (Lipinski definition) is 9. The van der Waals surface area contributed by atoms with Crippen molar-refractivity contribution in [3.8, 4) is 17.2 Å². The van der Waals surface area contributed by atoms with E-state index in [0.29, 0.717) is 38.7 Å². The standard InChI is InChI=1S/C22H19NO9/c24-6-14-17(26)18(27)19(28)22(32-14)23-12-3-8-1-2-9(25)4-10(8)16-15(12)11(21(23)29)5-13-20(16)31-7-30-13/h1-5,14,17-19,22,24-28H,6-7H2/t14-,17-,18+,19-,22-/m1/s1. The van der Waals surface area contributed by atoms with Crippen LogP contribution in [0.25, 0.3) is 21.5 Å². The minimum Gasteiger partial charge on any atom is -0.508 e. The van der Waals surface area contributed by atoms with Crippen LogP contribution in [0.4, 0.5) is 5.69 Å². The molecule has 3 aliphatic rings. The molecule has 0 spiro atoms. The molecule has 0 aromatic heterocycles. The lowest BCUT2D eigenvalue weighted by molar-refractivity contribution is -0.226. The molecule has 0 bridgehead atoms. The zero-order valence-corrected chi connectivity index (χ0v) is 16.5. The number of aromatic hydroxyl groups is 1. The van der Waals surface area contributed by atoms with E-state index in [1.54, 1.807) is 24.3 Å². The summed E-state index contributed by atoms with van der Waals surface area (Å²) in [6, 6.07) is 8.03. The normalized spacial score (nSPS) is 28.8. The van der Waals surface area contributed by atoms with Gasteiger partial charge in [0.25, 0.3) is 5.91 Å². The van der Waals surface area contributed by atoms with E-state index < -0.39 is 43.2 Å². The lowest BCUT2D eigenvalue weighted by Gasteiger charge is -2.43. The molecule has 1 fully saturated rings. The van der Waals surface area contributed by atoms with Crippen molar-refractivity contribution in [1.29, 1.82) is 0 Å². The van der Waals surface area contributed by atoms with E-state index in [4.69, 9.17) is 14.2 Å². The quantitative estimate of drug-likeness (QED) is 0.351. The van der Waals surface area contributed by atoms with E-state index in [2.05, 4.69) is 0 Å². The second kappa shape index (κ2) is 6.67. The zero-order chi connectivity index (χ0) is 22.3. The molecule has 1 amide bonds. The number of benzene rings is 3. The minimum absolute atomic E-state index is 0.0109. The maximum Gasteiger partial charge on any atom is 0.261 e. The third kappa shape index (κ3) is 2.43. The Kier molecular flexibility index (Phi) is 4.07. The minimum atomic E-state index is -1.63. The molecule has 0 saturated carbocycles. The van der Waals surface area contributed by atoms with E-state index in [9.17, 15) is 30.3 Å². The summed E-state index contributed by atoms with van der Waals surface area (Å²) in [7, 11) is 0. The number of nitrogens with zero attached hydrogens (tertiary/aromatic N) is 1. The summed E-state index contributed by atoms with van der Waals surface area (Å²) >= 11 is 0. The van der Waals surface area contributed by atoms with E-state index >= 15 is 0 Å². The van der Waals surface area contributed by atoms with Gasteiger partial charge in [0.05, 0.1) is 17.9 Å². The Morgan fingerprint density at radius 3 is 2.59 bits per heavy atom. The van der Waals surface area contributed by atoms with Crippen LogP contribution in [0.5, 0.6) is 17.2 Å². The summed E-state index contributed by atoms with van der Waals surface area (Å²) in [5.74, 6) is 0.344. The predicted octanol–water partition coefficient (Wildman–Crippen LogP) is 0.187. The number of aliphatic hydroxyl groups is 4. The Balaban J connectivity index is 1.62. The summed E-state index contributed by atoms with van der Waals surface area (Å²) in [4.78, 5) is 14.7. The monoisotopic (exact) mass is 441 g/mol. The number of phenolic OH excluding ortho intramolecular Hbond substituents is 1. The number of aliphatic hydroxyl groups excluding tert-OH is 4. The van der Waals surface area contributed by atoms with Crippen molar-refractivity contribution >= 4 is 33.1 Å². The predicted molar refractivity (Wildman–Crippen MR) is 110 cm³/mol. The maximum absolute atomic E-state index is 13.5. The number of carbonyl (C=O) groups excluding carboxylic acids is 1. The summed E-state index contributed by atoms with van der Waals surface area (Å²) in [5, 5.41) is 53.1. The molecule has 166 valence electrons. The fraction of sp³-hybridized carbons (Fsp3) is 0.318. The number of phenols is 1. The molecule has 3 aromatic rings. The van der Waals surface area contributed by atoms with E-state index in [1.165, 1.54) is 11.0 Å². The van der Waals surface area contributed by atoms with Crippen LogP contribution in [0.1, 0.15) is 10.4 Å². The van der Waals surface area contributed by atoms with Crippen molar-refractivity contribution in [3.63, 3.8) is 0 Å². The number of ether oxygens (including phenoxy) is 3. The Morgan fingerprint density at radius 1 is 1.00 bits per heavy atom. The van der Waals surface area contributed by atoms with Gasteiger partial charge < -0.3 is 39.7 Å². The Bertz CT molecular complexity index is 1290. The molecule has 5 N–H and O–H groups in total. The van der Waals surface area contributed by atoms with Crippen molar-refractivity contribution in [2.45, 2.75) is 30.6 Å². The van der Waals surface area contributed by atoms with Crippen LogP contribution < -0.4 is 14.4 Å². The summed E-state index contributed by atoms with van der Waals surface area (Å²) < 4.78 is 16.9.